The lowest BCUT2D eigenvalue weighted by Gasteiger charge is -2.14. The van der Waals surface area contributed by atoms with E-state index in [0.29, 0.717) is 17.2 Å². The third-order valence-corrected chi connectivity index (χ3v) is 5.97. The molecule has 0 unspecified atom stereocenters. The highest BCUT2D eigenvalue weighted by Crippen LogP contribution is 2.38. The first kappa shape index (κ1) is 21.8. The van der Waals surface area contributed by atoms with Crippen LogP contribution >= 0.6 is 0 Å². The van der Waals surface area contributed by atoms with Crippen LogP contribution in [0.2, 0.25) is 0 Å². The van der Waals surface area contributed by atoms with E-state index in [-0.39, 0.29) is 0 Å². The van der Waals surface area contributed by atoms with Gasteiger partial charge in [0.25, 0.3) is 0 Å². The summed E-state index contributed by atoms with van der Waals surface area (Å²) in [5.41, 5.74) is 5.25. The average molecular weight is 427 g/mol. The van der Waals surface area contributed by atoms with E-state index in [1.165, 1.54) is 33.0 Å². The highest BCUT2D eigenvalue weighted by Gasteiger charge is 2.13. The Hall–Kier alpha value is -3.46. The zero-order valence-electron chi connectivity index (χ0n) is 19.1. The topological polar surface area (TPSA) is 27.7 Å². The number of ether oxygens (including phenoxy) is 3. The van der Waals surface area contributed by atoms with Crippen LogP contribution in [0.4, 0.5) is 0 Å². The van der Waals surface area contributed by atoms with Crippen LogP contribution in [0.3, 0.4) is 0 Å². The standard InChI is InChI=1S/C29H30O3/c1-30-27-19-24(20-28(31-2)29(27)32-3)15-13-22-10-8-21(9-11-22)12-14-23-16-17-25-6-4-5-7-26(25)18-23/h4-11,16-20H,12-15H2,1-3H3. The Kier molecular flexibility index (Phi) is 6.96. The molecule has 4 rings (SSSR count). The van der Waals surface area contributed by atoms with Crippen molar-refractivity contribution in [2.45, 2.75) is 25.7 Å². The summed E-state index contributed by atoms with van der Waals surface area (Å²) >= 11 is 0. The molecular weight excluding hydrogens is 396 g/mol. The van der Waals surface area contributed by atoms with Gasteiger partial charge in [0.1, 0.15) is 0 Å². The molecule has 0 bridgehead atoms. The van der Waals surface area contributed by atoms with Gasteiger partial charge < -0.3 is 14.2 Å². The van der Waals surface area contributed by atoms with Crippen LogP contribution in [0.15, 0.2) is 78.9 Å². The molecule has 0 aliphatic carbocycles. The number of benzene rings is 4. The summed E-state index contributed by atoms with van der Waals surface area (Å²) in [4.78, 5) is 0. The summed E-state index contributed by atoms with van der Waals surface area (Å²) in [6.07, 6.45) is 3.97. The number of aryl methyl sites for hydroxylation is 4. The Morgan fingerprint density at radius 3 is 1.53 bits per heavy atom. The number of methoxy groups -OCH3 is 3. The highest BCUT2D eigenvalue weighted by atomic mass is 16.5. The molecule has 0 saturated carbocycles. The van der Waals surface area contributed by atoms with E-state index in [2.05, 4.69) is 66.7 Å². The lowest BCUT2D eigenvalue weighted by atomic mass is 9.99. The average Bonchev–Trinajstić information content (AvgIpc) is 2.85. The normalized spacial score (nSPS) is 10.8. The Morgan fingerprint density at radius 2 is 0.969 bits per heavy atom. The fourth-order valence-corrected chi connectivity index (χ4v) is 4.12. The molecule has 0 aromatic heterocycles. The van der Waals surface area contributed by atoms with Crippen LogP contribution in [0.1, 0.15) is 22.3 Å². The van der Waals surface area contributed by atoms with Crippen LogP contribution in [-0.4, -0.2) is 21.3 Å². The SMILES string of the molecule is COc1cc(CCc2ccc(CCc3ccc4ccccc4c3)cc2)cc(OC)c1OC. The molecule has 3 heteroatoms. The van der Waals surface area contributed by atoms with Crippen molar-refractivity contribution in [1.82, 2.24) is 0 Å². The first-order valence-corrected chi connectivity index (χ1v) is 11.0. The van der Waals surface area contributed by atoms with E-state index < -0.39 is 0 Å². The van der Waals surface area contributed by atoms with E-state index in [0.717, 1.165) is 25.7 Å². The van der Waals surface area contributed by atoms with Crippen molar-refractivity contribution in [3.8, 4) is 17.2 Å². The van der Waals surface area contributed by atoms with E-state index >= 15 is 0 Å². The summed E-state index contributed by atoms with van der Waals surface area (Å²) in [5, 5.41) is 2.61. The first-order valence-electron chi connectivity index (χ1n) is 11.0. The second-order valence-electron chi connectivity index (χ2n) is 8.03. The molecule has 0 atom stereocenters. The molecule has 0 aliphatic heterocycles. The molecule has 0 fully saturated rings. The Labute approximate surface area is 190 Å². The third-order valence-electron chi connectivity index (χ3n) is 5.97. The van der Waals surface area contributed by atoms with Gasteiger partial charge in [0, 0.05) is 0 Å². The third kappa shape index (κ3) is 5.05. The quantitative estimate of drug-likeness (QED) is 0.308. The number of fused-ring (bicyclic) bond motifs is 1. The zero-order chi connectivity index (χ0) is 22.3. The van der Waals surface area contributed by atoms with Crippen LogP contribution in [-0.2, 0) is 25.7 Å². The molecule has 0 spiro atoms. The van der Waals surface area contributed by atoms with Crippen LogP contribution < -0.4 is 14.2 Å². The van der Waals surface area contributed by atoms with Crippen molar-refractivity contribution in [2.24, 2.45) is 0 Å². The lowest BCUT2D eigenvalue weighted by Crippen LogP contribution is -1.98. The zero-order valence-corrected chi connectivity index (χ0v) is 19.1. The second kappa shape index (κ2) is 10.2. The minimum Gasteiger partial charge on any atom is -0.493 e. The van der Waals surface area contributed by atoms with Gasteiger partial charge in [-0.25, -0.2) is 0 Å². The van der Waals surface area contributed by atoms with Crippen molar-refractivity contribution in [3.05, 3.63) is 101 Å². The van der Waals surface area contributed by atoms with E-state index in [1.807, 2.05) is 12.1 Å². The maximum atomic E-state index is 5.47. The van der Waals surface area contributed by atoms with E-state index in [4.69, 9.17) is 14.2 Å². The highest BCUT2D eigenvalue weighted by molar-refractivity contribution is 5.83. The number of hydrogen-bond donors (Lipinski definition) is 0. The molecule has 0 aliphatic rings. The Bertz CT molecular complexity index is 1150. The summed E-state index contributed by atoms with van der Waals surface area (Å²) in [5.74, 6) is 2.03. The van der Waals surface area contributed by atoms with Gasteiger partial charge >= 0.3 is 0 Å². The van der Waals surface area contributed by atoms with Gasteiger partial charge in [0.2, 0.25) is 5.75 Å². The summed E-state index contributed by atoms with van der Waals surface area (Å²) in [6, 6.07) is 28.4. The van der Waals surface area contributed by atoms with Crippen molar-refractivity contribution in [2.75, 3.05) is 21.3 Å². The van der Waals surface area contributed by atoms with E-state index in [9.17, 15) is 0 Å². The molecule has 164 valence electrons. The monoisotopic (exact) mass is 426 g/mol. The molecule has 32 heavy (non-hydrogen) atoms. The van der Waals surface area contributed by atoms with Crippen molar-refractivity contribution in [1.29, 1.82) is 0 Å². The maximum Gasteiger partial charge on any atom is 0.203 e. The van der Waals surface area contributed by atoms with Crippen molar-refractivity contribution >= 4 is 10.8 Å². The Balaban J connectivity index is 1.36. The molecular formula is C29H30O3. The predicted molar refractivity (Wildman–Crippen MR) is 131 cm³/mol. The lowest BCUT2D eigenvalue weighted by molar-refractivity contribution is 0.324. The molecule has 0 saturated heterocycles. The van der Waals surface area contributed by atoms with Gasteiger partial charge in [-0.3, -0.25) is 0 Å². The van der Waals surface area contributed by atoms with Crippen LogP contribution in [0, 0.1) is 0 Å². The predicted octanol–water partition coefficient (Wildman–Crippen LogP) is 6.44. The fraction of sp³-hybridized carbons (Fsp3) is 0.241. The Morgan fingerprint density at radius 1 is 0.469 bits per heavy atom. The van der Waals surface area contributed by atoms with Crippen LogP contribution in [0.25, 0.3) is 10.8 Å². The molecule has 0 amide bonds. The van der Waals surface area contributed by atoms with Gasteiger partial charge in [-0.2, -0.15) is 0 Å². The van der Waals surface area contributed by atoms with Gasteiger partial charge in [0.05, 0.1) is 21.3 Å². The smallest absolute Gasteiger partial charge is 0.203 e. The number of hydrogen-bond acceptors (Lipinski definition) is 3. The fourth-order valence-electron chi connectivity index (χ4n) is 4.12. The van der Waals surface area contributed by atoms with Gasteiger partial charge in [-0.15, -0.1) is 0 Å². The van der Waals surface area contributed by atoms with Crippen LogP contribution in [0.5, 0.6) is 17.2 Å². The molecule has 4 aromatic rings. The first-order chi connectivity index (χ1) is 15.7. The molecule has 0 heterocycles. The summed E-state index contributed by atoms with van der Waals surface area (Å²) in [7, 11) is 4.93. The van der Waals surface area contributed by atoms with Gasteiger partial charge in [0.15, 0.2) is 11.5 Å². The van der Waals surface area contributed by atoms with E-state index in [1.54, 1.807) is 21.3 Å². The molecule has 3 nitrogen and oxygen atoms in total. The maximum absolute atomic E-state index is 5.47. The molecule has 4 aromatic carbocycles. The largest absolute Gasteiger partial charge is 0.493 e. The summed E-state index contributed by atoms with van der Waals surface area (Å²) in [6.45, 7) is 0. The minimum absolute atomic E-state index is 0.634. The second-order valence-corrected chi connectivity index (χ2v) is 8.03. The number of rotatable bonds is 9. The minimum atomic E-state index is 0.634. The molecule has 0 N–H and O–H groups in total. The molecule has 0 radical (unpaired) electrons. The van der Waals surface area contributed by atoms with Crippen molar-refractivity contribution < 1.29 is 14.2 Å². The summed E-state index contributed by atoms with van der Waals surface area (Å²) < 4.78 is 16.4. The van der Waals surface area contributed by atoms with Crippen molar-refractivity contribution in [3.63, 3.8) is 0 Å². The van der Waals surface area contributed by atoms with Gasteiger partial charge in [-0.05, 0) is 70.8 Å². The van der Waals surface area contributed by atoms with Gasteiger partial charge in [-0.1, -0.05) is 66.7 Å².